The molecule has 0 radical (unpaired) electrons. The number of hydrogen-bond acceptors (Lipinski definition) is 3. The van der Waals surface area contributed by atoms with Gasteiger partial charge in [0.25, 0.3) is 0 Å². The van der Waals surface area contributed by atoms with Gasteiger partial charge in [0.15, 0.2) is 0 Å². The summed E-state index contributed by atoms with van der Waals surface area (Å²) in [4.78, 5) is 4.75. The Kier molecular flexibility index (Phi) is 3.10. The third kappa shape index (κ3) is 2.16. The van der Waals surface area contributed by atoms with Gasteiger partial charge in [-0.1, -0.05) is 12.2 Å². The van der Waals surface area contributed by atoms with Gasteiger partial charge in [-0.15, -0.1) is 0 Å². The van der Waals surface area contributed by atoms with E-state index in [9.17, 15) is 0 Å². The lowest BCUT2D eigenvalue weighted by Gasteiger charge is -2.27. The van der Waals surface area contributed by atoms with E-state index in [-0.39, 0.29) is 0 Å². The first kappa shape index (κ1) is 11.3. The zero-order valence-corrected chi connectivity index (χ0v) is 10.4. The molecule has 0 amide bonds. The lowest BCUT2D eigenvalue weighted by atomic mass is 9.96. The lowest BCUT2D eigenvalue weighted by molar-refractivity contribution is 0.114. The summed E-state index contributed by atoms with van der Waals surface area (Å²) in [6.45, 7) is 3.93. The van der Waals surface area contributed by atoms with Crippen molar-refractivity contribution in [1.29, 1.82) is 0 Å². The van der Waals surface area contributed by atoms with Crippen molar-refractivity contribution in [2.75, 3.05) is 0 Å². The molecular formula is C12H16N2OS. The van der Waals surface area contributed by atoms with Crippen LogP contribution in [0.25, 0.3) is 0 Å². The van der Waals surface area contributed by atoms with E-state index in [0.29, 0.717) is 17.0 Å². The zero-order chi connectivity index (χ0) is 11.7. The predicted molar refractivity (Wildman–Crippen MR) is 67.9 cm³/mol. The van der Waals surface area contributed by atoms with E-state index >= 15 is 0 Å². The molecule has 0 spiro atoms. The van der Waals surface area contributed by atoms with Gasteiger partial charge in [0.2, 0.25) is 5.88 Å². The topological polar surface area (TPSA) is 48.1 Å². The molecule has 1 heterocycles. The summed E-state index contributed by atoms with van der Waals surface area (Å²) >= 11 is 5.05. The molecule has 1 aliphatic rings. The quantitative estimate of drug-likeness (QED) is 0.818. The standard InChI is InChI=1S/C12H16N2OS/c1-7-6-8(2)14-12(10(7)11(13)16)15-9-4-3-5-9/h6,9H,3-5H2,1-2H3,(H2,13,16). The summed E-state index contributed by atoms with van der Waals surface area (Å²) in [7, 11) is 0. The minimum atomic E-state index is 0.293. The molecule has 0 saturated heterocycles. The molecule has 1 aromatic heterocycles. The number of rotatable bonds is 3. The normalized spacial score (nSPS) is 15.6. The summed E-state index contributed by atoms with van der Waals surface area (Å²) in [5, 5.41) is 0. The second-order valence-electron chi connectivity index (χ2n) is 4.30. The molecule has 1 aromatic rings. The highest BCUT2D eigenvalue weighted by Crippen LogP contribution is 2.28. The molecule has 2 N–H and O–H groups in total. The molecule has 2 rings (SSSR count). The zero-order valence-electron chi connectivity index (χ0n) is 9.62. The highest BCUT2D eigenvalue weighted by Gasteiger charge is 2.22. The van der Waals surface area contributed by atoms with E-state index in [1.54, 1.807) is 0 Å². The molecule has 1 aliphatic carbocycles. The van der Waals surface area contributed by atoms with E-state index in [1.165, 1.54) is 6.42 Å². The number of hydrogen-bond donors (Lipinski definition) is 1. The van der Waals surface area contributed by atoms with Crippen molar-refractivity contribution in [2.24, 2.45) is 5.73 Å². The number of thiocarbonyl (C=S) groups is 1. The van der Waals surface area contributed by atoms with Crippen LogP contribution in [0.4, 0.5) is 0 Å². The number of aromatic nitrogens is 1. The highest BCUT2D eigenvalue weighted by atomic mass is 32.1. The van der Waals surface area contributed by atoms with Gasteiger partial charge in [0, 0.05) is 5.69 Å². The Morgan fingerprint density at radius 1 is 1.50 bits per heavy atom. The summed E-state index contributed by atoms with van der Waals surface area (Å²) in [6.07, 6.45) is 3.73. The third-order valence-electron chi connectivity index (χ3n) is 2.89. The number of aryl methyl sites for hydroxylation is 2. The SMILES string of the molecule is Cc1cc(C)c(C(N)=S)c(OC2CCC2)n1. The van der Waals surface area contributed by atoms with Crippen LogP contribution in [-0.4, -0.2) is 16.1 Å². The van der Waals surface area contributed by atoms with E-state index in [0.717, 1.165) is 29.7 Å². The van der Waals surface area contributed by atoms with Crippen molar-refractivity contribution in [3.8, 4) is 5.88 Å². The van der Waals surface area contributed by atoms with Gasteiger partial charge in [-0.25, -0.2) is 4.98 Å². The molecule has 0 aromatic carbocycles. The van der Waals surface area contributed by atoms with Crippen molar-refractivity contribution in [2.45, 2.75) is 39.2 Å². The van der Waals surface area contributed by atoms with Crippen molar-refractivity contribution in [3.05, 3.63) is 22.9 Å². The Labute approximate surface area is 101 Å². The second-order valence-corrected chi connectivity index (χ2v) is 4.74. The predicted octanol–water partition coefficient (Wildman–Crippen LogP) is 2.26. The van der Waals surface area contributed by atoms with Crippen LogP contribution in [0.15, 0.2) is 6.07 Å². The largest absolute Gasteiger partial charge is 0.474 e. The maximum Gasteiger partial charge on any atom is 0.224 e. The molecule has 0 unspecified atom stereocenters. The molecule has 16 heavy (non-hydrogen) atoms. The van der Waals surface area contributed by atoms with Gasteiger partial charge in [-0.05, 0) is 44.7 Å². The van der Waals surface area contributed by atoms with Crippen LogP contribution in [0.3, 0.4) is 0 Å². The summed E-state index contributed by atoms with van der Waals surface area (Å²) in [5.41, 5.74) is 8.47. The molecule has 4 heteroatoms. The van der Waals surface area contributed by atoms with Crippen molar-refractivity contribution in [1.82, 2.24) is 4.98 Å². The van der Waals surface area contributed by atoms with Crippen LogP contribution in [0.1, 0.15) is 36.1 Å². The smallest absolute Gasteiger partial charge is 0.224 e. The molecule has 1 fully saturated rings. The molecule has 0 aliphatic heterocycles. The number of nitrogens with two attached hydrogens (primary N) is 1. The maximum absolute atomic E-state index is 5.83. The Balaban J connectivity index is 2.35. The van der Waals surface area contributed by atoms with Gasteiger partial charge in [0.05, 0.1) is 5.56 Å². The minimum absolute atomic E-state index is 0.293. The highest BCUT2D eigenvalue weighted by molar-refractivity contribution is 7.80. The van der Waals surface area contributed by atoms with Crippen LogP contribution in [-0.2, 0) is 0 Å². The van der Waals surface area contributed by atoms with E-state index in [1.807, 2.05) is 19.9 Å². The molecule has 3 nitrogen and oxygen atoms in total. The van der Waals surface area contributed by atoms with E-state index in [2.05, 4.69) is 4.98 Å². The Morgan fingerprint density at radius 2 is 2.19 bits per heavy atom. The Hall–Kier alpha value is -1.16. The molecule has 1 saturated carbocycles. The van der Waals surface area contributed by atoms with E-state index in [4.69, 9.17) is 22.7 Å². The number of pyridine rings is 1. The minimum Gasteiger partial charge on any atom is -0.474 e. The first-order chi connectivity index (χ1) is 7.58. The van der Waals surface area contributed by atoms with Crippen molar-refractivity contribution in [3.63, 3.8) is 0 Å². The van der Waals surface area contributed by atoms with Gasteiger partial charge in [-0.3, -0.25) is 0 Å². The number of nitrogens with zero attached hydrogens (tertiary/aromatic N) is 1. The molecule has 86 valence electrons. The van der Waals surface area contributed by atoms with E-state index < -0.39 is 0 Å². The summed E-state index contributed by atoms with van der Waals surface area (Å²) < 4.78 is 5.83. The molecular weight excluding hydrogens is 220 g/mol. The molecule has 0 bridgehead atoms. The van der Waals surface area contributed by atoms with Crippen molar-refractivity contribution >= 4 is 17.2 Å². The average Bonchev–Trinajstić information content (AvgIpc) is 2.09. The Bertz CT molecular complexity index is 427. The molecule has 0 atom stereocenters. The van der Waals surface area contributed by atoms with Crippen molar-refractivity contribution < 1.29 is 4.74 Å². The fraction of sp³-hybridized carbons (Fsp3) is 0.500. The fourth-order valence-electron chi connectivity index (χ4n) is 1.83. The lowest BCUT2D eigenvalue weighted by Crippen LogP contribution is -2.27. The van der Waals surface area contributed by atoms with Gasteiger partial charge in [-0.2, -0.15) is 0 Å². The van der Waals surface area contributed by atoms with Gasteiger partial charge in [0.1, 0.15) is 11.1 Å². The maximum atomic E-state index is 5.83. The summed E-state index contributed by atoms with van der Waals surface area (Å²) in [5.74, 6) is 0.606. The van der Waals surface area contributed by atoms with Gasteiger partial charge < -0.3 is 10.5 Å². The van der Waals surface area contributed by atoms with Crippen LogP contribution in [0.5, 0.6) is 5.88 Å². The van der Waals surface area contributed by atoms with Crippen LogP contribution < -0.4 is 10.5 Å². The first-order valence-corrected chi connectivity index (χ1v) is 5.93. The Morgan fingerprint density at radius 3 is 2.69 bits per heavy atom. The van der Waals surface area contributed by atoms with Crippen LogP contribution in [0.2, 0.25) is 0 Å². The number of ether oxygens (including phenoxy) is 1. The third-order valence-corrected chi connectivity index (χ3v) is 3.09. The fourth-order valence-corrected chi connectivity index (χ4v) is 2.08. The first-order valence-electron chi connectivity index (χ1n) is 5.52. The summed E-state index contributed by atoms with van der Waals surface area (Å²) in [6, 6.07) is 1.97. The van der Waals surface area contributed by atoms with Gasteiger partial charge >= 0.3 is 0 Å². The average molecular weight is 236 g/mol. The monoisotopic (exact) mass is 236 g/mol. The second kappa shape index (κ2) is 4.37. The van der Waals surface area contributed by atoms with Crippen LogP contribution in [0, 0.1) is 13.8 Å². The van der Waals surface area contributed by atoms with Crippen LogP contribution >= 0.6 is 12.2 Å².